The van der Waals surface area contributed by atoms with E-state index >= 15 is 0 Å². The van der Waals surface area contributed by atoms with Crippen LogP contribution in [0.5, 0.6) is 5.75 Å². The largest absolute Gasteiger partial charge is 0.494 e. The number of aromatic nitrogens is 6. The lowest BCUT2D eigenvalue weighted by atomic mass is 10.1. The van der Waals surface area contributed by atoms with Gasteiger partial charge in [0.1, 0.15) is 12.1 Å². The van der Waals surface area contributed by atoms with Gasteiger partial charge >= 0.3 is 0 Å². The number of anilines is 5. The molecule has 0 atom stereocenters. The molecule has 1 amide bonds. The first-order valence-corrected chi connectivity index (χ1v) is 11.5. The normalized spacial score (nSPS) is 14.3. The standard InChI is InChI=1S/C25H25N11O2/c1-26-15-12-36(13-15)16-8-9-20(28-11-16)31-21-10-19(22(33-32-21)25(37)27-2)30-18-7-5-6-17(23(18)38-4)24-29-14-35(3)34-24/h5-11,14-15H,12-13H2,2-4H3,(H,27,37)(H2,28,30,31,32)/i2D3. The Morgan fingerprint density at radius 2 is 2.03 bits per heavy atom. The number of benzene rings is 1. The first-order valence-electron chi connectivity index (χ1n) is 13.0. The van der Waals surface area contributed by atoms with Crippen molar-refractivity contribution in [2.24, 2.45) is 7.05 Å². The van der Waals surface area contributed by atoms with Crippen molar-refractivity contribution in [3.8, 4) is 17.1 Å². The topological polar surface area (TPSA) is 139 Å². The summed E-state index contributed by atoms with van der Waals surface area (Å²) >= 11 is 0. The molecule has 13 heteroatoms. The quantitative estimate of drug-likeness (QED) is 0.301. The van der Waals surface area contributed by atoms with Crippen LogP contribution in [0.2, 0.25) is 0 Å². The number of nitrogens with zero attached hydrogens (tertiary/aromatic N) is 8. The molecule has 192 valence electrons. The molecule has 1 aromatic carbocycles. The monoisotopic (exact) mass is 514 g/mol. The predicted octanol–water partition coefficient (Wildman–Crippen LogP) is 2.63. The van der Waals surface area contributed by atoms with Gasteiger partial charge in [-0.2, -0.15) is 5.10 Å². The van der Waals surface area contributed by atoms with Gasteiger partial charge in [-0.1, -0.05) is 6.07 Å². The molecule has 1 aliphatic rings. The SMILES string of the molecule is [2H]C([2H])([2H])NC(=O)c1nnc(Nc2ccc(N3CC([N+]#[C-])C3)cn2)cc1Nc1cccc(-c2ncn(C)n2)c1OC. The first-order chi connectivity index (χ1) is 19.6. The number of amides is 1. The van der Waals surface area contributed by atoms with Gasteiger partial charge in [-0.3, -0.25) is 9.48 Å². The van der Waals surface area contributed by atoms with Crippen molar-refractivity contribution in [1.29, 1.82) is 0 Å². The van der Waals surface area contributed by atoms with Crippen LogP contribution in [0.15, 0.2) is 48.9 Å². The van der Waals surface area contributed by atoms with Crippen LogP contribution in [0.1, 0.15) is 14.6 Å². The maximum Gasteiger partial charge on any atom is 0.273 e. The maximum atomic E-state index is 12.8. The van der Waals surface area contributed by atoms with Gasteiger partial charge in [-0.15, -0.1) is 10.2 Å². The fourth-order valence-corrected chi connectivity index (χ4v) is 3.94. The van der Waals surface area contributed by atoms with Gasteiger partial charge in [-0.25, -0.2) is 16.5 Å². The van der Waals surface area contributed by atoms with Crippen LogP contribution in [0.3, 0.4) is 0 Å². The number of hydrogen-bond donors (Lipinski definition) is 3. The fraction of sp³-hybridized carbons (Fsp3) is 0.240. The minimum atomic E-state index is -2.73. The lowest BCUT2D eigenvalue weighted by Gasteiger charge is -2.33. The minimum absolute atomic E-state index is 0.00885. The second kappa shape index (κ2) is 10.4. The molecular formula is C25H25N11O2. The van der Waals surface area contributed by atoms with Crippen LogP contribution in [-0.4, -0.2) is 69.1 Å². The molecule has 3 aromatic heterocycles. The number of nitrogens with one attached hydrogen (secondary N) is 3. The predicted molar refractivity (Wildman–Crippen MR) is 142 cm³/mol. The Balaban J connectivity index is 1.45. The third-order valence-electron chi connectivity index (χ3n) is 5.87. The summed E-state index contributed by atoms with van der Waals surface area (Å²) in [6, 6.07) is 10.4. The lowest BCUT2D eigenvalue weighted by molar-refractivity contribution is 0.0958. The van der Waals surface area contributed by atoms with Crippen molar-refractivity contribution in [2.45, 2.75) is 6.04 Å². The van der Waals surface area contributed by atoms with Crippen molar-refractivity contribution < 1.29 is 13.6 Å². The van der Waals surface area contributed by atoms with Gasteiger partial charge in [0.05, 0.1) is 49.0 Å². The van der Waals surface area contributed by atoms with Crippen molar-refractivity contribution in [1.82, 2.24) is 35.3 Å². The summed E-state index contributed by atoms with van der Waals surface area (Å²) < 4.78 is 29.5. The van der Waals surface area contributed by atoms with E-state index in [1.54, 1.807) is 48.5 Å². The maximum absolute atomic E-state index is 12.8. The van der Waals surface area contributed by atoms with Crippen molar-refractivity contribution in [2.75, 3.05) is 42.7 Å². The molecule has 1 saturated heterocycles. The summed E-state index contributed by atoms with van der Waals surface area (Å²) in [5.74, 6) is 0.605. The minimum Gasteiger partial charge on any atom is -0.494 e. The second-order valence-corrected chi connectivity index (χ2v) is 8.41. The second-order valence-electron chi connectivity index (χ2n) is 8.41. The number of para-hydroxylation sites is 1. The van der Waals surface area contributed by atoms with E-state index in [4.69, 9.17) is 15.4 Å². The Labute approximate surface area is 222 Å². The molecule has 0 aliphatic carbocycles. The summed E-state index contributed by atoms with van der Waals surface area (Å²) in [7, 11) is 3.24. The van der Waals surface area contributed by atoms with Crippen LogP contribution >= 0.6 is 0 Å². The van der Waals surface area contributed by atoms with Crippen LogP contribution < -0.4 is 25.6 Å². The molecular weight excluding hydrogens is 486 g/mol. The molecule has 38 heavy (non-hydrogen) atoms. The number of pyridine rings is 1. The van der Waals surface area contributed by atoms with Gasteiger partial charge in [0.15, 0.2) is 23.1 Å². The molecule has 13 nitrogen and oxygen atoms in total. The van der Waals surface area contributed by atoms with Gasteiger partial charge in [0.2, 0.25) is 0 Å². The molecule has 5 rings (SSSR count). The number of rotatable bonds is 8. The molecule has 0 unspecified atom stereocenters. The zero-order chi connectivity index (χ0) is 29.1. The van der Waals surface area contributed by atoms with Gasteiger partial charge in [-0.05, 0) is 24.3 Å². The highest BCUT2D eigenvalue weighted by molar-refractivity contribution is 5.99. The molecule has 1 fully saturated rings. The molecule has 1 aliphatic heterocycles. The van der Waals surface area contributed by atoms with E-state index in [-0.39, 0.29) is 23.2 Å². The zero-order valence-corrected chi connectivity index (χ0v) is 20.5. The summed E-state index contributed by atoms with van der Waals surface area (Å²) in [5.41, 5.74) is 1.87. The molecule has 0 bridgehead atoms. The van der Waals surface area contributed by atoms with E-state index in [9.17, 15) is 4.79 Å². The number of ether oxygens (including phenoxy) is 1. The van der Waals surface area contributed by atoms with E-state index in [2.05, 4.69) is 45.6 Å². The average molecular weight is 515 g/mol. The Kier molecular flexibility index (Phi) is 5.71. The highest BCUT2D eigenvalue weighted by atomic mass is 16.5. The van der Waals surface area contributed by atoms with Crippen molar-refractivity contribution >= 4 is 34.6 Å². The summed E-state index contributed by atoms with van der Waals surface area (Å²) in [6.07, 6.45) is 3.25. The molecule has 3 N–H and O–H groups in total. The Hall–Kier alpha value is -5.25. The summed E-state index contributed by atoms with van der Waals surface area (Å²) in [5, 5.41) is 20.5. The molecule has 4 aromatic rings. The van der Waals surface area contributed by atoms with Gasteiger partial charge in [0.25, 0.3) is 11.9 Å². The molecule has 0 radical (unpaired) electrons. The first kappa shape index (κ1) is 20.9. The van der Waals surface area contributed by atoms with Crippen LogP contribution in [0, 0.1) is 6.57 Å². The van der Waals surface area contributed by atoms with Crippen molar-refractivity contribution in [3.05, 3.63) is 66.0 Å². The third-order valence-corrected chi connectivity index (χ3v) is 5.87. The number of hydrogen-bond acceptors (Lipinski definition) is 10. The number of methoxy groups -OCH3 is 1. The van der Waals surface area contributed by atoms with Gasteiger partial charge in [0, 0.05) is 24.2 Å². The highest BCUT2D eigenvalue weighted by Crippen LogP contribution is 2.37. The Bertz CT molecular complexity index is 1610. The van der Waals surface area contributed by atoms with Crippen molar-refractivity contribution in [3.63, 3.8) is 0 Å². The third kappa shape index (κ3) is 4.87. The molecule has 0 spiro atoms. The molecule has 0 saturated carbocycles. The summed E-state index contributed by atoms with van der Waals surface area (Å²) in [4.78, 5) is 27.1. The van der Waals surface area contributed by atoms with Gasteiger partial charge < -0.3 is 30.4 Å². The van der Waals surface area contributed by atoms with E-state index in [0.29, 0.717) is 41.7 Å². The van der Waals surface area contributed by atoms with E-state index in [1.165, 1.54) is 13.2 Å². The van der Waals surface area contributed by atoms with Crippen LogP contribution in [0.4, 0.5) is 28.7 Å². The number of aryl methyl sites for hydroxylation is 1. The van der Waals surface area contributed by atoms with Crippen LogP contribution in [0.25, 0.3) is 16.2 Å². The van der Waals surface area contributed by atoms with E-state index in [0.717, 1.165) is 5.69 Å². The fourth-order valence-electron chi connectivity index (χ4n) is 3.94. The Morgan fingerprint density at radius 1 is 1.16 bits per heavy atom. The highest BCUT2D eigenvalue weighted by Gasteiger charge is 2.31. The van der Waals surface area contributed by atoms with E-state index < -0.39 is 12.9 Å². The Morgan fingerprint density at radius 3 is 2.71 bits per heavy atom. The number of carbonyl (C=O) groups is 1. The van der Waals surface area contributed by atoms with E-state index in [1.807, 2.05) is 11.4 Å². The lowest BCUT2D eigenvalue weighted by Crippen LogP contribution is -2.49. The zero-order valence-electron chi connectivity index (χ0n) is 23.5. The smallest absolute Gasteiger partial charge is 0.273 e. The average Bonchev–Trinajstić information content (AvgIpc) is 3.34. The molecule has 4 heterocycles. The summed E-state index contributed by atoms with van der Waals surface area (Å²) in [6.45, 7) is 5.71. The number of carbonyl (C=O) groups excluding carboxylic acids is 1. The van der Waals surface area contributed by atoms with Crippen LogP contribution in [-0.2, 0) is 7.05 Å².